The zero-order valence-electron chi connectivity index (χ0n) is 17.0. The lowest BCUT2D eigenvalue weighted by atomic mass is 10.1. The Morgan fingerprint density at radius 2 is 2.13 bits per heavy atom. The van der Waals surface area contributed by atoms with E-state index < -0.39 is 0 Å². The van der Waals surface area contributed by atoms with E-state index in [0.717, 1.165) is 29.7 Å². The number of carbonyl (C=O) groups excluding carboxylic acids is 1. The van der Waals surface area contributed by atoms with Crippen molar-refractivity contribution in [3.05, 3.63) is 59.6 Å². The van der Waals surface area contributed by atoms with Crippen molar-refractivity contribution in [3.8, 4) is 5.75 Å². The highest BCUT2D eigenvalue weighted by Gasteiger charge is 2.19. The minimum absolute atomic E-state index is 0.0603. The molecule has 156 valence electrons. The molecule has 0 aliphatic carbocycles. The van der Waals surface area contributed by atoms with E-state index in [9.17, 15) is 4.79 Å². The third-order valence-corrected chi connectivity index (χ3v) is 5.73. The molecule has 4 rings (SSSR count). The van der Waals surface area contributed by atoms with E-state index in [-0.39, 0.29) is 17.6 Å². The van der Waals surface area contributed by atoms with Gasteiger partial charge in [0.05, 0.1) is 18.9 Å². The molecule has 1 fully saturated rings. The molecule has 0 saturated carbocycles. The summed E-state index contributed by atoms with van der Waals surface area (Å²) in [6.45, 7) is 1.22. The monoisotopic (exact) mass is 424 g/mol. The van der Waals surface area contributed by atoms with Gasteiger partial charge in [-0.2, -0.15) is 0 Å². The van der Waals surface area contributed by atoms with E-state index in [1.165, 1.54) is 0 Å². The van der Waals surface area contributed by atoms with Crippen molar-refractivity contribution in [2.24, 2.45) is 4.99 Å². The first-order valence-corrected chi connectivity index (χ1v) is 11.1. The van der Waals surface area contributed by atoms with E-state index in [4.69, 9.17) is 13.9 Å². The molecule has 1 saturated heterocycles. The summed E-state index contributed by atoms with van der Waals surface area (Å²) < 4.78 is 17.1. The van der Waals surface area contributed by atoms with E-state index >= 15 is 0 Å². The Bertz CT molecular complexity index is 1120. The van der Waals surface area contributed by atoms with E-state index in [1.807, 2.05) is 48.7 Å². The predicted molar refractivity (Wildman–Crippen MR) is 118 cm³/mol. The zero-order valence-corrected chi connectivity index (χ0v) is 17.8. The number of ether oxygens (including phenoxy) is 2. The lowest BCUT2D eigenvalue weighted by molar-refractivity contribution is 0.0854. The highest BCUT2D eigenvalue weighted by molar-refractivity contribution is 7.98. The molecular formula is C23H24N2O4S. The number of fused-ring (bicyclic) bond motifs is 1. The van der Waals surface area contributed by atoms with Gasteiger partial charge in [-0.3, -0.25) is 4.79 Å². The van der Waals surface area contributed by atoms with Crippen molar-refractivity contribution in [1.82, 2.24) is 5.32 Å². The summed E-state index contributed by atoms with van der Waals surface area (Å²) in [6.07, 6.45) is 4.05. The number of hydrogen-bond donors (Lipinski definition) is 1. The molecule has 6 nitrogen and oxygen atoms in total. The molecule has 3 aromatic rings. The van der Waals surface area contributed by atoms with Gasteiger partial charge in [0.1, 0.15) is 5.56 Å². The van der Waals surface area contributed by atoms with Crippen molar-refractivity contribution < 1.29 is 18.7 Å². The maximum atomic E-state index is 13.0. The largest absolute Gasteiger partial charge is 0.493 e. The van der Waals surface area contributed by atoms with Crippen LogP contribution in [0, 0.1) is 0 Å². The summed E-state index contributed by atoms with van der Waals surface area (Å²) in [5.74, 6) is 0.354. The first-order chi connectivity index (χ1) is 14.7. The first-order valence-electron chi connectivity index (χ1n) is 9.87. The Morgan fingerprint density at radius 3 is 2.90 bits per heavy atom. The van der Waals surface area contributed by atoms with Crippen LogP contribution in [0.2, 0.25) is 0 Å². The van der Waals surface area contributed by atoms with Crippen molar-refractivity contribution in [2.45, 2.75) is 23.8 Å². The van der Waals surface area contributed by atoms with Gasteiger partial charge in [-0.25, -0.2) is 4.99 Å². The number of amides is 1. The molecule has 2 aromatic carbocycles. The number of carbonyl (C=O) groups is 1. The smallest absolute Gasteiger partial charge is 0.256 e. The lowest BCUT2D eigenvalue weighted by Crippen LogP contribution is -2.34. The van der Waals surface area contributed by atoms with E-state index in [0.29, 0.717) is 29.1 Å². The van der Waals surface area contributed by atoms with Crippen LogP contribution in [0.15, 0.2) is 62.8 Å². The van der Waals surface area contributed by atoms with E-state index in [1.54, 1.807) is 24.9 Å². The molecular weight excluding hydrogens is 400 g/mol. The summed E-state index contributed by atoms with van der Waals surface area (Å²) in [5, 5.41) is 3.74. The zero-order chi connectivity index (χ0) is 20.9. The molecule has 1 amide bonds. The Kier molecular flexibility index (Phi) is 6.40. The molecule has 1 aliphatic rings. The minimum Gasteiger partial charge on any atom is -0.493 e. The molecule has 2 heterocycles. The van der Waals surface area contributed by atoms with Crippen LogP contribution in [0.4, 0.5) is 5.69 Å². The fraction of sp³-hybridized carbons (Fsp3) is 0.304. The minimum atomic E-state index is -0.237. The maximum Gasteiger partial charge on any atom is 0.256 e. The molecule has 1 atom stereocenters. The number of para-hydroxylation sites is 1. The van der Waals surface area contributed by atoms with Crippen LogP contribution in [0.5, 0.6) is 5.75 Å². The van der Waals surface area contributed by atoms with Gasteiger partial charge >= 0.3 is 0 Å². The second-order valence-corrected chi connectivity index (χ2v) is 7.88. The van der Waals surface area contributed by atoms with Crippen molar-refractivity contribution in [1.29, 1.82) is 0 Å². The van der Waals surface area contributed by atoms with Crippen LogP contribution in [0.25, 0.3) is 11.0 Å². The highest BCUT2D eigenvalue weighted by Crippen LogP contribution is 2.25. The fourth-order valence-corrected chi connectivity index (χ4v) is 3.89. The van der Waals surface area contributed by atoms with Crippen molar-refractivity contribution in [2.75, 3.05) is 26.5 Å². The van der Waals surface area contributed by atoms with Crippen LogP contribution in [-0.2, 0) is 4.74 Å². The molecule has 7 heteroatoms. The van der Waals surface area contributed by atoms with Crippen molar-refractivity contribution >= 4 is 34.3 Å². The number of thioether (sulfide) groups is 1. The van der Waals surface area contributed by atoms with Gasteiger partial charge in [0, 0.05) is 23.4 Å². The number of hydrogen-bond acceptors (Lipinski definition) is 6. The molecule has 1 aliphatic heterocycles. The summed E-state index contributed by atoms with van der Waals surface area (Å²) in [5.41, 5.74) is 1.89. The van der Waals surface area contributed by atoms with Crippen LogP contribution in [0.1, 0.15) is 23.2 Å². The Morgan fingerprint density at radius 1 is 1.27 bits per heavy atom. The Labute approximate surface area is 179 Å². The third-order valence-electron chi connectivity index (χ3n) is 5.00. The molecule has 0 radical (unpaired) electrons. The number of methoxy groups -OCH3 is 1. The first kappa shape index (κ1) is 20.5. The normalized spacial score (nSPS) is 16.7. The van der Waals surface area contributed by atoms with Crippen LogP contribution >= 0.6 is 11.8 Å². The molecule has 0 bridgehead atoms. The number of nitrogens with one attached hydrogen (secondary N) is 1. The molecule has 1 aromatic heterocycles. The second kappa shape index (κ2) is 9.36. The topological polar surface area (TPSA) is 73.1 Å². The number of benzene rings is 2. The van der Waals surface area contributed by atoms with Gasteiger partial charge in [0.2, 0.25) is 5.55 Å². The Balaban J connectivity index is 1.78. The van der Waals surface area contributed by atoms with Gasteiger partial charge in [-0.15, -0.1) is 11.8 Å². The van der Waals surface area contributed by atoms with Crippen LogP contribution in [-0.4, -0.2) is 38.5 Å². The summed E-state index contributed by atoms with van der Waals surface area (Å²) in [6, 6.07) is 15.2. The highest BCUT2D eigenvalue weighted by atomic mass is 32.2. The molecule has 1 N–H and O–H groups in total. The molecule has 0 spiro atoms. The number of nitrogens with zero attached hydrogens (tertiary/aromatic N) is 1. The average Bonchev–Trinajstić information content (AvgIpc) is 3.30. The predicted octanol–water partition coefficient (Wildman–Crippen LogP) is 4.30. The average molecular weight is 425 g/mol. The van der Waals surface area contributed by atoms with Gasteiger partial charge in [-0.05, 0) is 49.4 Å². The second-order valence-electron chi connectivity index (χ2n) is 7.00. The van der Waals surface area contributed by atoms with Crippen LogP contribution in [0.3, 0.4) is 0 Å². The van der Waals surface area contributed by atoms with Gasteiger partial charge in [0.25, 0.3) is 5.91 Å². The maximum absolute atomic E-state index is 13.0. The summed E-state index contributed by atoms with van der Waals surface area (Å²) in [4.78, 5) is 18.7. The quantitative estimate of drug-likeness (QED) is 0.597. The SMILES string of the molecule is COc1cccc2cc(C(=O)NCC3CCCO3)c(=Nc3cccc(SC)c3)oc12. The fourth-order valence-electron chi connectivity index (χ4n) is 3.44. The van der Waals surface area contributed by atoms with Crippen molar-refractivity contribution in [3.63, 3.8) is 0 Å². The molecule has 1 unspecified atom stereocenters. The molecule has 30 heavy (non-hydrogen) atoms. The van der Waals surface area contributed by atoms with E-state index in [2.05, 4.69) is 10.3 Å². The summed E-state index contributed by atoms with van der Waals surface area (Å²) in [7, 11) is 1.59. The summed E-state index contributed by atoms with van der Waals surface area (Å²) >= 11 is 1.63. The van der Waals surface area contributed by atoms with Gasteiger partial charge in [-0.1, -0.05) is 18.2 Å². The standard InChI is InChI=1S/C23H24N2O4S/c1-27-20-10-3-6-15-12-19(22(26)24-14-17-8-5-11-28-17)23(29-21(15)20)25-16-7-4-9-18(13-16)30-2/h3-4,6-7,9-10,12-13,17H,5,8,11,14H2,1-2H3,(H,24,26). The Hall–Kier alpha value is -2.77. The third kappa shape index (κ3) is 4.52. The lowest BCUT2D eigenvalue weighted by Gasteiger charge is -2.12. The van der Waals surface area contributed by atoms with Gasteiger partial charge < -0.3 is 19.2 Å². The van der Waals surface area contributed by atoms with Gasteiger partial charge in [0.15, 0.2) is 11.3 Å². The number of rotatable bonds is 6. The van der Waals surface area contributed by atoms with Crippen LogP contribution < -0.4 is 15.6 Å².